The Balaban J connectivity index is 1.69. The van der Waals surface area contributed by atoms with Gasteiger partial charge in [-0.3, -0.25) is 4.79 Å². The van der Waals surface area contributed by atoms with Crippen molar-refractivity contribution in [3.8, 4) is 5.75 Å². The van der Waals surface area contributed by atoms with Crippen molar-refractivity contribution in [2.45, 2.75) is 24.8 Å². The molecule has 1 amide bonds. The Morgan fingerprint density at radius 3 is 2.43 bits per heavy atom. The van der Waals surface area contributed by atoms with Crippen LogP contribution in [0.4, 0.5) is 0 Å². The number of hydrogen-bond acceptors (Lipinski definition) is 2. The summed E-state index contributed by atoms with van der Waals surface area (Å²) in [6.45, 7) is 0. The molecule has 23 heavy (non-hydrogen) atoms. The van der Waals surface area contributed by atoms with Crippen molar-refractivity contribution in [3.05, 3.63) is 63.6 Å². The highest BCUT2D eigenvalue weighted by Gasteiger charge is 2.46. The molecule has 0 unspecified atom stereocenters. The van der Waals surface area contributed by atoms with Crippen molar-refractivity contribution in [2.75, 3.05) is 7.11 Å². The fourth-order valence-electron chi connectivity index (χ4n) is 2.70. The van der Waals surface area contributed by atoms with Gasteiger partial charge >= 0.3 is 0 Å². The van der Waals surface area contributed by atoms with Gasteiger partial charge in [-0.05, 0) is 48.2 Å². The molecule has 0 saturated heterocycles. The molecule has 0 aliphatic heterocycles. The molecule has 3 rings (SSSR count). The molecule has 0 heterocycles. The smallest absolute Gasteiger partial charge is 0.225 e. The van der Waals surface area contributed by atoms with Gasteiger partial charge in [-0.1, -0.05) is 41.4 Å². The number of carbonyl (C=O) groups excluding carboxylic acids is 1. The molecule has 0 radical (unpaired) electrons. The Morgan fingerprint density at radius 1 is 1.17 bits per heavy atom. The average Bonchev–Trinajstić information content (AvgIpc) is 3.28. The number of carbonyl (C=O) groups is 1. The summed E-state index contributed by atoms with van der Waals surface area (Å²) in [5, 5.41) is 4.32. The maximum Gasteiger partial charge on any atom is 0.225 e. The first kappa shape index (κ1) is 16.2. The van der Waals surface area contributed by atoms with Gasteiger partial charge in [0.05, 0.1) is 19.1 Å². The van der Waals surface area contributed by atoms with Crippen molar-refractivity contribution in [3.63, 3.8) is 0 Å². The number of amides is 1. The van der Waals surface area contributed by atoms with Gasteiger partial charge in [0.2, 0.25) is 5.91 Å². The average molecular weight is 350 g/mol. The van der Waals surface area contributed by atoms with Gasteiger partial charge in [0.1, 0.15) is 5.75 Å². The van der Waals surface area contributed by atoms with Crippen molar-refractivity contribution in [1.82, 2.24) is 5.32 Å². The Kier molecular flexibility index (Phi) is 4.51. The molecule has 5 heteroatoms. The fourth-order valence-corrected chi connectivity index (χ4v) is 3.29. The van der Waals surface area contributed by atoms with E-state index in [4.69, 9.17) is 27.9 Å². The summed E-state index contributed by atoms with van der Waals surface area (Å²) in [5.74, 6) is 0.763. The lowest BCUT2D eigenvalue weighted by molar-refractivity contribution is -0.121. The number of ether oxygens (including phenoxy) is 1. The summed E-state index contributed by atoms with van der Waals surface area (Å²) in [6.07, 6.45) is 2.11. The molecule has 120 valence electrons. The predicted molar refractivity (Wildman–Crippen MR) is 92.2 cm³/mol. The molecular weight excluding hydrogens is 333 g/mol. The first-order chi connectivity index (χ1) is 11.0. The van der Waals surface area contributed by atoms with Crippen molar-refractivity contribution in [1.29, 1.82) is 0 Å². The van der Waals surface area contributed by atoms with Crippen LogP contribution in [-0.4, -0.2) is 13.0 Å². The van der Waals surface area contributed by atoms with Gasteiger partial charge < -0.3 is 10.1 Å². The van der Waals surface area contributed by atoms with E-state index in [1.54, 1.807) is 19.2 Å². The molecule has 1 aliphatic carbocycles. The third kappa shape index (κ3) is 3.62. The van der Waals surface area contributed by atoms with Crippen LogP contribution in [0.1, 0.15) is 24.0 Å². The minimum absolute atomic E-state index is 0.0151. The van der Waals surface area contributed by atoms with Gasteiger partial charge in [-0.25, -0.2) is 0 Å². The molecule has 1 aliphatic rings. The normalized spacial score (nSPS) is 15.1. The number of halogens is 2. The standard InChI is InChI=1S/C18H17Cl2NO2/c1-23-14-5-2-12(3-6-14)10-17(22)21-18(8-9-18)15-7-4-13(19)11-16(15)20/h2-7,11H,8-10H2,1H3,(H,21,22). The van der Waals surface area contributed by atoms with Crippen LogP contribution in [-0.2, 0) is 16.8 Å². The zero-order valence-corrected chi connectivity index (χ0v) is 14.2. The van der Waals surface area contributed by atoms with Crippen LogP contribution in [0.5, 0.6) is 5.75 Å². The zero-order chi connectivity index (χ0) is 16.4. The Morgan fingerprint density at radius 2 is 1.87 bits per heavy atom. The lowest BCUT2D eigenvalue weighted by Gasteiger charge is -2.19. The van der Waals surface area contributed by atoms with Crippen LogP contribution >= 0.6 is 23.2 Å². The molecule has 2 aromatic rings. The van der Waals surface area contributed by atoms with Gasteiger partial charge in [0.25, 0.3) is 0 Å². The van der Waals surface area contributed by atoms with E-state index < -0.39 is 0 Å². The molecule has 0 spiro atoms. The monoisotopic (exact) mass is 349 g/mol. The lowest BCUT2D eigenvalue weighted by Crippen LogP contribution is -2.36. The number of nitrogens with one attached hydrogen (secondary N) is 1. The summed E-state index contributed by atoms with van der Waals surface area (Å²) in [7, 11) is 1.62. The molecule has 0 bridgehead atoms. The fraction of sp³-hybridized carbons (Fsp3) is 0.278. The molecule has 1 fully saturated rings. The van der Waals surface area contributed by atoms with Crippen molar-refractivity contribution in [2.24, 2.45) is 0 Å². The van der Waals surface area contributed by atoms with Crippen LogP contribution in [0.2, 0.25) is 10.0 Å². The van der Waals surface area contributed by atoms with Crippen LogP contribution < -0.4 is 10.1 Å². The third-order valence-electron chi connectivity index (χ3n) is 4.10. The van der Waals surface area contributed by atoms with E-state index in [0.29, 0.717) is 16.5 Å². The Labute approximate surface area is 145 Å². The second-order valence-electron chi connectivity index (χ2n) is 5.78. The Bertz CT molecular complexity index is 724. The van der Waals surface area contributed by atoms with Gasteiger partial charge in [0, 0.05) is 10.0 Å². The minimum atomic E-state index is -0.342. The van der Waals surface area contributed by atoms with E-state index in [1.807, 2.05) is 30.3 Å². The van der Waals surface area contributed by atoms with Gasteiger partial charge in [-0.2, -0.15) is 0 Å². The minimum Gasteiger partial charge on any atom is -0.497 e. The molecule has 3 nitrogen and oxygen atoms in total. The molecule has 0 aromatic heterocycles. The van der Waals surface area contributed by atoms with Gasteiger partial charge in [0.15, 0.2) is 0 Å². The number of rotatable bonds is 5. The zero-order valence-electron chi connectivity index (χ0n) is 12.7. The summed E-state index contributed by atoms with van der Waals surface area (Å²) in [6, 6.07) is 12.9. The maximum atomic E-state index is 12.4. The van der Waals surface area contributed by atoms with E-state index in [0.717, 1.165) is 29.7 Å². The highest BCUT2D eigenvalue weighted by atomic mass is 35.5. The first-order valence-corrected chi connectivity index (χ1v) is 8.17. The van der Waals surface area contributed by atoms with Crippen LogP contribution in [0.3, 0.4) is 0 Å². The molecule has 2 aromatic carbocycles. The second-order valence-corrected chi connectivity index (χ2v) is 6.62. The summed E-state index contributed by atoms with van der Waals surface area (Å²) < 4.78 is 5.12. The summed E-state index contributed by atoms with van der Waals surface area (Å²) in [5.41, 5.74) is 1.54. The maximum absolute atomic E-state index is 12.4. The largest absolute Gasteiger partial charge is 0.497 e. The van der Waals surface area contributed by atoms with Crippen LogP contribution in [0, 0.1) is 0 Å². The van der Waals surface area contributed by atoms with E-state index >= 15 is 0 Å². The predicted octanol–water partition coefficient (Wildman–Crippen LogP) is 4.35. The Hall–Kier alpha value is -1.71. The first-order valence-electron chi connectivity index (χ1n) is 7.42. The summed E-state index contributed by atoms with van der Waals surface area (Å²) in [4.78, 5) is 12.4. The van der Waals surface area contributed by atoms with Crippen LogP contribution in [0.15, 0.2) is 42.5 Å². The molecular formula is C18H17Cl2NO2. The number of benzene rings is 2. The number of hydrogen-bond donors (Lipinski definition) is 1. The third-order valence-corrected chi connectivity index (χ3v) is 4.65. The SMILES string of the molecule is COc1ccc(CC(=O)NC2(c3ccc(Cl)cc3Cl)CC2)cc1. The molecule has 1 N–H and O–H groups in total. The van der Waals surface area contributed by atoms with Gasteiger partial charge in [-0.15, -0.1) is 0 Å². The summed E-state index contributed by atoms with van der Waals surface area (Å²) >= 11 is 12.2. The molecule has 0 atom stereocenters. The topological polar surface area (TPSA) is 38.3 Å². The van der Waals surface area contributed by atoms with E-state index in [2.05, 4.69) is 5.32 Å². The van der Waals surface area contributed by atoms with Crippen molar-refractivity contribution < 1.29 is 9.53 Å². The second kappa shape index (κ2) is 6.42. The van der Waals surface area contributed by atoms with E-state index in [1.165, 1.54) is 0 Å². The van der Waals surface area contributed by atoms with E-state index in [9.17, 15) is 4.79 Å². The quantitative estimate of drug-likeness (QED) is 0.871. The molecule has 1 saturated carbocycles. The lowest BCUT2D eigenvalue weighted by atomic mass is 10.0. The highest BCUT2D eigenvalue weighted by molar-refractivity contribution is 6.35. The van der Waals surface area contributed by atoms with Crippen molar-refractivity contribution >= 4 is 29.1 Å². The van der Waals surface area contributed by atoms with E-state index in [-0.39, 0.29) is 11.4 Å². The number of methoxy groups -OCH3 is 1. The van der Waals surface area contributed by atoms with Crippen LogP contribution in [0.25, 0.3) is 0 Å². The highest BCUT2D eigenvalue weighted by Crippen LogP contribution is 2.48.